The van der Waals surface area contributed by atoms with Gasteiger partial charge in [0.05, 0.1) is 5.56 Å². The number of ketones is 1. The summed E-state index contributed by atoms with van der Waals surface area (Å²) in [7, 11) is 0. The number of halogens is 1. The fourth-order valence-electron chi connectivity index (χ4n) is 1.58. The minimum absolute atomic E-state index is 0.141. The number of Topliss-reactive ketones (excluding diaryl/α,β-unsaturated/α-hetero) is 1. The summed E-state index contributed by atoms with van der Waals surface area (Å²) in [5.74, 6) is -0.551. The van der Waals surface area contributed by atoms with Gasteiger partial charge in [-0.2, -0.15) is 0 Å². The molecule has 0 radical (unpaired) electrons. The van der Waals surface area contributed by atoms with E-state index in [9.17, 15) is 9.18 Å². The van der Waals surface area contributed by atoms with E-state index in [1.165, 1.54) is 6.07 Å². The maximum atomic E-state index is 13.7. The van der Waals surface area contributed by atoms with Gasteiger partial charge in [-0.1, -0.05) is 26.8 Å². The average Bonchev–Trinajstić information content (AvgIpc) is 1.99. The van der Waals surface area contributed by atoms with Crippen LogP contribution in [-0.2, 0) is 0 Å². The highest BCUT2D eigenvalue weighted by Crippen LogP contribution is 2.25. The highest BCUT2D eigenvalue weighted by Gasteiger charge is 2.26. The van der Waals surface area contributed by atoms with E-state index in [1.807, 2.05) is 13.0 Å². The molecular weight excluding hydrogens is 191 g/mol. The van der Waals surface area contributed by atoms with Crippen molar-refractivity contribution < 1.29 is 9.18 Å². The zero-order chi connectivity index (χ0) is 11.8. The summed E-state index contributed by atoms with van der Waals surface area (Å²) in [5.41, 5.74) is 1.25. The van der Waals surface area contributed by atoms with Gasteiger partial charge in [0.15, 0.2) is 5.78 Å². The SMILES string of the molecule is Cc1cc(C)c(C(=O)C(C)(C)C)c(F)c1. The Morgan fingerprint density at radius 3 is 2.13 bits per heavy atom. The van der Waals surface area contributed by atoms with Crippen LogP contribution >= 0.6 is 0 Å². The van der Waals surface area contributed by atoms with E-state index in [1.54, 1.807) is 27.7 Å². The summed E-state index contributed by atoms with van der Waals surface area (Å²) in [6, 6.07) is 3.24. The monoisotopic (exact) mass is 208 g/mol. The Morgan fingerprint density at radius 2 is 1.73 bits per heavy atom. The predicted octanol–water partition coefficient (Wildman–Crippen LogP) is 3.67. The van der Waals surface area contributed by atoms with E-state index in [0.717, 1.165) is 5.56 Å². The van der Waals surface area contributed by atoms with Crippen molar-refractivity contribution in [1.82, 2.24) is 0 Å². The second kappa shape index (κ2) is 3.76. The number of hydrogen-bond donors (Lipinski definition) is 0. The van der Waals surface area contributed by atoms with E-state index < -0.39 is 11.2 Å². The summed E-state index contributed by atoms with van der Waals surface area (Å²) in [4.78, 5) is 12.0. The smallest absolute Gasteiger partial charge is 0.171 e. The van der Waals surface area contributed by atoms with E-state index >= 15 is 0 Å². The van der Waals surface area contributed by atoms with Crippen molar-refractivity contribution in [1.29, 1.82) is 0 Å². The van der Waals surface area contributed by atoms with E-state index in [2.05, 4.69) is 0 Å². The van der Waals surface area contributed by atoms with E-state index in [4.69, 9.17) is 0 Å². The molecule has 1 rings (SSSR count). The first kappa shape index (κ1) is 11.9. The van der Waals surface area contributed by atoms with Crippen molar-refractivity contribution in [2.45, 2.75) is 34.6 Å². The molecule has 0 bridgehead atoms. The van der Waals surface area contributed by atoms with Crippen LogP contribution in [0.4, 0.5) is 4.39 Å². The van der Waals surface area contributed by atoms with Crippen LogP contribution in [-0.4, -0.2) is 5.78 Å². The van der Waals surface area contributed by atoms with Gasteiger partial charge in [0.1, 0.15) is 5.82 Å². The second-order valence-electron chi connectivity index (χ2n) is 5.02. The van der Waals surface area contributed by atoms with Gasteiger partial charge in [-0.25, -0.2) is 4.39 Å². The molecule has 0 aliphatic heterocycles. The van der Waals surface area contributed by atoms with Gasteiger partial charge in [-0.05, 0) is 31.0 Å². The van der Waals surface area contributed by atoms with Crippen LogP contribution in [0.3, 0.4) is 0 Å². The topological polar surface area (TPSA) is 17.1 Å². The Morgan fingerprint density at radius 1 is 1.20 bits per heavy atom. The zero-order valence-electron chi connectivity index (χ0n) is 9.94. The second-order valence-corrected chi connectivity index (χ2v) is 5.02. The average molecular weight is 208 g/mol. The third kappa shape index (κ3) is 2.44. The molecule has 0 amide bonds. The molecule has 0 aromatic heterocycles. The third-order valence-corrected chi connectivity index (χ3v) is 2.34. The summed E-state index contributed by atoms with van der Waals surface area (Å²) in [5, 5.41) is 0. The summed E-state index contributed by atoms with van der Waals surface area (Å²) >= 11 is 0. The number of benzene rings is 1. The molecule has 0 unspecified atom stereocenters. The van der Waals surface area contributed by atoms with Crippen LogP contribution in [0.15, 0.2) is 12.1 Å². The van der Waals surface area contributed by atoms with Gasteiger partial charge < -0.3 is 0 Å². The van der Waals surface area contributed by atoms with Gasteiger partial charge in [0.25, 0.3) is 0 Å². The van der Waals surface area contributed by atoms with Crippen molar-refractivity contribution in [3.63, 3.8) is 0 Å². The molecule has 0 atom stereocenters. The lowest BCUT2D eigenvalue weighted by molar-refractivity contribution is 0.0853. The largest absolute Gasteiger partial charge is 0.293 e. The molecular formula is C13H17FO. The molecule has 0 aliphatic carbocycles. The molecule has 0 fully saturated rings. The minimum Gasteiger partial charge on any atom is -0.293 e. The summed E-state index contributed by atoms with van der Waals surface area (Å²) < 4.78 is 13.7. The van der Waals surface area contributed by atoms with E-state index in [-0.39, 0.29) is 11.3 Å². The quantitative estimate of drug-likeness (QED) is 0.643. The number of carbonyl (C=O) groups is 1. The van der Waals surface area contributed by atoms with Crippen molar-refractivity contribution in [3.05, 3.63) is 34.6 Å². The molecule has 1 nitrogen and oxygen atoms in total. The number of rotatable bonds is 1. The standard InChI is InChI=1S/C13H17FO/c1-8-6-9(2)11(10(14)7-8)12(15)13(3,4)5/h6-7H,1-5H3. The Kier molecular flexibility index (Phi) is 2.98. The summed E-state index contributed by atoms with van der Waals surface area (Å²) in [6.07, 6.45) is 0. The number of carbonyl (C=O) groups excluding carboxylic acids is 1. The van der Waals surface area contributed by atoms with Gasteiger partial charge in [0.2, 0.25) is 0 Å². The third-order valence-electron chi connectivity index (χ3n) is 2.34. The Hall–Kier alpha value is -1.18. The van der Waals surface area contributed by atoms with Crippen LogP contribution in [0.25, 0.3) is 0 Å². The van der Waals surface area contributed by atoms with E-state index in [0.29, 0.717) is 5.56 Å². The fourth-order valence-corrected chi connectivity index (χ4v) is 1.58. The molecule has 1 aromatic carbocycles. The maximum absolute atomic E-state index is 13.7. The fraction of sp³-hybridized carbons (Fsp3) is 0.462. The number of hydrogen-bond acceptors (Lipinski definition) is 1. The molecule has 82 valence electrons. The first-order valence-electron chi connectivity index (χ1n) is 5.05. The molecule has 15 heavy (non-hydrogen) atoms. The summed E-state index contributed by atoms with van der Waals surface area (Å²) in [6.45, 7) is 8.99. The lowest BCUT2D eigenvalue weighted by atomic mass is 9.84. The van der Waals surface area contributed by atoms with Crippen LogP contribution in [0.5, 0.6) is 0 Å². The predicted molar refractivity (Wildman–Crippen MR) is 59.7 cm³/mol. The van der Waals surface area contributed by atoms with Gasteiger partial charge in [-0.15, -0.1) is 0 Å². The molecule has 0 N–H and O–H groups in total. The van der Waals surface area contributed by atoms with Crippen molar-refractivity contribution >= 4 is 5.78 Å². The Balaban J connectivity index is 3.33. The lowest BCUT2D eigenvalue weighted by Gasteiger charge is -2.18. The maximum Gasteiger partial charge on any atom is 0.171 e. The van der Waals surface area contributed by atoms with Crippen LogP contribution in [0, 0.1) is 25.1 Å². The van der Waals surface area contributed by atoms with Gasteiger partial charge in [-0.3, -0.25) is 4.79 Å². The van der Waals surface area contributed by atoms with Crippen molar-refractivity contribution in [2.24, 2.45) is 5.41 Å². The molecule has 0 saturated heterocycles. The lowest BCUT2D eigenvalue weighted by Crippen LogP contribution is -2.22. The highest BCUT2D eigenvalue weighted by atomic mass is 19.1. The molecule has 2 heteroatoms. The first-order chi connectivity index (χ1) is 6.73. The Bertz CT molecular complexity index is 376. The van der Waals surface area contributed by atoms with Crippen LogP contribution in [0.2, 0.25) is 0 Å². The molecule has 0 spiro atoms. The number of aryl methyl sites for hydroxylation is 2. The Labute approximate surface area is 90.3 Å². The molecule has 0 saturated carbocycles. The first-order valence-corrected chi connectivity index (χ1v) is 5.05. The van der Waals surface area contributed by atoms with Crippen molar-refractivity contribution in [3.8, 4) is 0 Å². The molecule has 1 aromatic rings. The van der Waals surface area contributed by atoms with Gasteiger partial charge in [0, 0.05) is 5.41 Å². The van der Waals surface area contributed by atoms with Crippen LogP contribution < -0.4 is 0 Å². The minimum atomic E-state index is -0.541. The van der Waals surface area contributed by atoms with Gasteiger partial charge >= 0.3 is 0 Å². The highest BCUT2D eigenvalue weighted by molar-refractivity contribution is 6.01. The normalized spacial score (nSPS) is 11.6. The molecule has 0 heterocycles. The van der Waals surface area contributed by atoms with Crippen LogP contribution in [0.1, 0.15) is 42.3 Å². The molecule has 0 aliphatic rings. The zero-order valence-corrected chi connectivity index (χ0v) is 9.94. The van der Waals surface area contributed by atoms with Crippen molar-refractivity contribution in [2.75, 3.05) is 0 Å².